The van der Waals surface area contributed by atoms with E-state index in [1.165, 1.54) is 5.56 Å². The highest BCUT2D eigenvalue weighted by Crippen LogP contribution is 2.62. The number of aliphatic hydroxyl groups excluding tert-OH is 2. The Morgan fingerprint density at radius 1 is 0.923 bits per heavy atom. The molecule has 0 spiro atoms. The second kappa shape index (κ2) is 20.3. The lowest BCUT2D eigenvalue weighted by Gasteiger charge is -2.60. The van der Waals surface area contributed by atoms with Crippen LogP contribution >= 0.6 is 0 Å². The molecule has 5 aromatic carbocycles. The molecule has 8 rings (SSSR count). The summed E-state index contributed by atoms with van der Waals surface area (Å²) in [5.74, 6) is -0.259. The zero-order valence-corrected chi connectivity index (χ0v) is 37.6. The number of carbonyl (C=O) groups excluding carboxylic acids is 1. The van der Waals surface area contributed by atoms with E-state index in [4.69, 9.17) is 24.2 Å². The number of carbonyl (C=O) groups is 1. The van der Waals surface area contributed by atoms with E-state index in [1.807, 2.05) is 47.4 Å². The molecular weight excluding hydrogens is 815 g/mol. The molecule has 10 nitrogen and oxygen atoms in total. The van der Waals surface area contributed by atoms with Gasteiger partial charge in [-0.3, -0.25) is 4.79 Å². The van der Waals surface area contributed by atoms with Gasteiger partial charge in [0.15, 0.2) is 0 Å². The quantitative estimate of drug-likeness (QED) is 0.0505. The number of benzene rings is 5. The number of hydrogen-bond acceptors (Lipinski definition) is 9. The average molecular weight is 874 g/mol. The van der Waals surface area contributed by atoms with Crippen LogP contribution in [0.4, 0.5) is 0 Å². The number of nitrogens with zero attached hydrogens (tertiary/aromatic N) is 3. The van der Waals surface area contributed by atoms with Gasteiger partial charge in [-0.25, -0.2) is 0 Å². The molecule has 0 bridgehead atoms. The zero-order chi connectivity index (χ0) is 45.5. The van der Waals surface area contributed by atoms with Gasteiger partial charge < -0.3 is 34.2 Å². The van der Waals surface area contributed by atoms with Crippen LogP contribution < -0.4 is 9.47 Å². The van der Waals surface area contributed by atoms with Gasteiger partial charge in [-0.1, -0.05) is 78.7 Å². The summed E-state index contributed by atoms with van der Waals surface area (Å²) in [6.45, 7) is 8.78. The van der Waals surface area contributed by atoms with Gasteiger partial charge in [-0.05, 0) is 139 Å². The fraction of sp³-hybridized carbons (Fsp3) is 0.364. The van der Waals surface area contributed by atoms with Crippen LogP contribution in [-0.4, -0.2) is 65.5 Å². The van der Waals surface area contributed by atoms with E-state index < -0.39 is 17.7 Å². The lowest BCUT2D eigenvalue weighted by Crippen LogP contribution is -2.70. The number of ether oxygens (including phenoxy) is 3. The highest BCUT2D eigenvalue weighted by atomic mass is 16.7. The molecule has 1 aliphatic heterocycles. The molecule has 10 heteroatoms. The number of fused-ring (bicyclic) bond motifs is 3. The van der Waals surface area contributed by atoms with Gasteiger partial charge >= 0.3 is 0 Å². The number of amides is 1. The maximum absolute atomic E-state index is 15.5. The molecule has 2 N–H and O–H groups in total. The lowest BCUT2D eigenvalue weighted by atomic mass is 9.55. The van der Waals surface area contributed by atoms with Crippen molar-refractivity contribution in [2.24, 2.45) is 22.9 Å². The normalized spacial score (nSPS) is 22.5. The Morgan fingerprint density at radius 3 is 2.40 bits per heavy atom. The van der Waals surface area contributed by atoms with E-state index in [-0.39, 0.29) is 56.4 Å². The third-order valence-corrected chi connectivity index (χ3v) is 13.7. The van der Waals surface area contributed by atoms with Gasteiger partial charge in [0.25, 0.3) is 5.91 Å². The maximum atomic E-state index is 15.5. The first kappa shape index (κ1) is 45.3. The van der Waals surface area contributed by atoms with Crippen molar-refractivity contribution in [3.05, 3.63) is 161 Å². The van der Waals surface area contributed by atoms with E-state index in [2.05, 4.69) is 69.0 Å². The number of unbranched alkanes of at least 4 members (excludes halogenated alkanes) is 2. The number of aliphatic hydroxyl groups is 2. The largest absolute Gasteiger partial charge is 0.459 e. The van der Waals surface area contributed by atoms with Crippen LogP contribution in [0.25, 0.3) is 10.8 Å². The second-order valence-electron chi connectivity index (χ2n) is 17.6. The first-order valence-corrected chi connectivity index (χ1v) is 22.9. The number of oxime groups is 1. The summed E-state index contributed by atoms with van der Waals surface area (Å²) < 4.78 is 21.3. The van der Waals surface area contributed by atoms with Crippen molar-refractivity contribution >= 4 is 22.4 Å². The molecule has 0 aromatic heterocycles. The Labute approximate surface area is 382 Å². The van der Waals surface area contributed by atoms with E-state index in [0.717, 1.165) is 64.5 Å². The van der Waals surface area contributed by atoms with Crippen LogP contribution in [0.1, 0.15) is 89.0 Å². The van der Waals surface area contributed by atoms with Crippen molar-refractivity contribution in [2.75, 3.05) is 26.9 Å². The van der Waals surface area contributed by atoms with Gasteiger partial charge in [0, 0.05) is 43.2 Å². The number of allylic oxidation sites excluding steroid dienone is 1. The summed E-state index contributed by atoms with van der Waals surface area (Å²) in [6.07, 6.45) is 8.90. The summed E-state index contributed by atoms with van der Waals surface area (Å²) in [4.78, 5) is 23.1. The molecule has 2 aliphatic carbocycles. The first-order valence-electron chi connectivity index (χ1n) is 22.9. The zero-order valence-electron chi connectivity index (χ0n) is 37.6. The topological polar surface area (TPSA) is 134 Å². The average Bonchev–Trinajstić information content (AvgIpc) is 3.32. The van der Waals surface area contributed by atoms with Crippen LogP contribution in [0.5, 0.6) is 17.2 Å². The van der Waals surface area contributed by atoms with E-state index >= 15 is 4.79 Å². The smallest absolute Gasteiger partial charge is 0.254 e. The Morgan fingerprint density at radius 2 is 1.66 bits per heavy atom. The standard InChI is InChI=1S/C55H59N3O7/c1-5-29-63-55-51(58(54(61)40-22-20-38(34-56)21-23-40)35-42-16-12-15-39-13-6-7-17-45(39)42)33-49(57-62-4)47-31-41(14-8-10-27-59)46(18-9-11-28-60)52(53(47)55)48-32-44(25-26-50(48)65-55)64-43-24-19-36(2)37(3)30-43/h5-7,12-13,15-17,19-26,30-32,41,46,51-53,59-60H,1,8-11,14,18,27-29,33,35H2,2-4H3. The summed E-state index contributed by atoms with van der Waals surface area (Å²) in [5.41, 5.74) is 6.76. The van der Waals surface area contributed by atoms with Crippen molar-refractivity contribution in [3.63, 3.8) is 0 Å². The molecule has 0 saturated heterocycles. The maximum Gasteiger partial charge on any atom is 0.254 e. The summed E-state index contributed by atoms with van der Waals surface area (Å²) in [7, 11) is 1.55. The monoisotopic (exact) mass is 873 g/mol. The summed E-state index contributed by atoms with van der Waals surface area (Å²) in [5, 5.41) is 36.5. The van der Waals surface area contributed by atoms with Gasteiger partial charge in [0.1, 0.15) is 30.4 Å². The summed E-state index contributed by atoms with van der Waals surface area (Å²) >= 11 is 0. The molecule has 0 radical (unpaired) electrons. The van der Waals surface area contributed by atoms with Gasteiger partial charge in [0.2, 0.25) is 5.79 Å². The van der Waals surface area contributed by atoms with Gasteiger partial charge in [0.05, 0.1) is 29.9 Å². The summed E-state index contributed by atoms with van der Waals surface area (Å²) in [6, 6.07) is 34.6. The van der Waals surface area contributed by atoms with E-state index in [0.29, 0.717) is 41.2 Å². The Bertz CT molecular complexity index is 2610. The fourth-order valence-electron chi connectivity index (χ4n) is 10.5. The van der Waals surface area contributed by atoms with Crippen LogP contribution in [-0.2, 0) is 16.1 Å². The molecule has 336 valence electrons. The van der Waals surface area contributed by atoms with Gasteiger partial charge in [-0.2, -0.15) is 5.26 Å². The number of hydrogen-bond donors (Lipinski definition) is 2. The highest BCUT2D eigenvalue weighted by Gasteiger charge is 2.65. The van der Waals surface area contributed by atoms with Crippen LogP contribution in [0.15, 0.2) is 133 Å². The van der Waals surface area contributed by atoms with Crippen molar-refractivity contribution in [3.8, 4) is 23.3 Å². The van der Waals surface area contributed by atoms with E-state index in [1.54, 1.807) is 37.5 Å². The van der Waals surface area contributed by atoms with Crippen LogP contribution in [0.2, 0.25) is 0 Å². The van der Waals surface area contributed by atoms with E-state index in [9.17, 15) is 15.5 Å². The van der Waals surface area contributed by atoms with Crippen LogP contribution in [0, 0.1) is 42.9 Å². The number of rotatable bonds is 18. The molecule has 1 amide bonds. The van der Waals surface area contributed by atoms with Gasteiger partial charge in [-0.15, -0.1) is 6.58 Å². The Kier molecular flexibility index (Phi) is 14.1. The Hall–Kier alpha value is -6.25. The molecule has 1 saturated carbocycles. The minimum Gasteiger partial charge on any atom is -0.459 e. The molecule has 1 heterocycles. The lowest BCUT2D eigenvalue weighted by molar-refractivity contribution is -0.255. The highest BCUT2D eigenvalue weighted by molar-refractivity contribution is 6.03. The van der Waals surface area contributed by atoms with Crippen molar-refractivity contribution in [1.82, 2.24) is 4.90 Å². The predicted molar refractivity (Wildman–Crippen MR) is 253 cm³/mol. The third kappa shape index (κ3) is 9.19. The predicted octanol–water partition coefficient (Wildman–Crippen LogP) is 10.7. The van der Waals surface area contributed by atoms with Crippen molar-refractivity contribution < 1.29 is 34.1 Å². The molecule has 6 unspecified atom stereocenters. The fourth-order valence-corrected chi connectivity index (χ4v) is 10.5. The minimum absolute atomic E-state index is 0.0449. The van der Waals surface area contributed by atoms with Crippen LogP contribution in [0.3, 0.4) is 0 Å². The second-order valence-corrected chi connectivity index (χ2v) is 17.6. The molecule has 65 heavy (non-hydrogen) atoms. The van der Waals surface area contributed by atoms with Crippen molar-refractivity contribution in [1.29, 1.82) is 5.26 Å². The SMILES string of the molecule is C=CCOC12Oc3ccc(Oc4ccc(C)c(C)c4)cc3C3C(CCCCO)C(CCCCO)C=C(C(=NOC)CC1N(Cc1cccc4ccccc14)C(=O)c1ccc(C#N)cc1)C32. The number of nitriles is 1. The molecule has 1 fully saturated rings. The first-order chi connectivity index (χ1) is 31.7. The molecular formula is C55H59N3O7. The molecule has 5 aromatic rings. The minimum atomic E-state index is -1.46. The molecule has 6 atom stereocenters. The third-order valence-electron chi connectivity index (χ3n) is 13.7. The molecule has 3 aliphatic rings. The van der Waals surface area contributed by atoms with Crippen molar-refractivity contribution in [2.45, 2.75) is 83.1 Å². The number of aryl methyl sites for hydroxylation is 2. The Balaban J connectivity index is 1.37.